The van der Waals surface area contributed by atoms with Crippen LogP contribution >= 0.6 is 0 Å². The number of hydrogen-bond acceptors (Lipinski definition) is 4. The van der Waals surface area contributed by atoms with Crippen molar-refractivity contribution in [2.75, 3.05) is 33.8 Å². The van der Waals surface area contributed by atoms with Crippen molar-refractivity contribution in [2.24, 2.45) is 0 Å². The third-order valence-electron chi connectivity index (χ3n) is 5.78. The fourth-order valence-electron chi connectivity index (χ4n) is 4.22. The molecule has 0 spiro atoms. The van der Waals surface area contributed by atoms with E-state index in [1.165, 1.54) is 4.90 Å². The highest BCUT2D eigenvalue weighted by Gasteiger charge is 2.37. The molecule has 2 aromatic rings. The Kier molecular flexibility index (Phi) is 5.79. The SMILES string of the molecule is CNC(=O)N[C@@H]1C[C@H]2COc3ccccc3-c3ccccc3C(=O)N(C)CC(=O)N2C1. The first-order valence-corrected chi connectivity index (χ1v) is 10.3. The fraction of sp³-hybridized carbons (Fsp3) is 0.348. The zero-order chi connectivity index (χ0) is 22.0. The van der Waals surface area contributed by atoms with Gasteiger partial charge >= 0.3 is 6.03 Å². The van der Waals surface area contributed by atoms with Crippen LogP contribution in [0.25, 0.3) is 11.1 Å². The Morgan fingerprint density at radius 2 is 1.71 bits per heavy atom. The summed E-state index contributed by atoms with van der Waals surface area (Å²) in [6.45, 7) is 0.632. The number of hydrogen-bond donors (Lipinski definition) is 2. The monoisotopic (exact) mass is 422 g/mol. The Labute approximate surface area is 181 Å². The van der Waals surface area contributed by atoms with E-state index in [4.69, 9.17) is 4.74 Å². The number of carbonyl (C=O) groups excluding carboxylic acids is 3. The Hall–Kier alpha value is -3.55. The number of nitrogens with one attached hydrogen (secondary N) is 2. The number of likely N-dealkylation sites (N-methyl/N-ethyl adjacent to an activating group) is 1. The molecule has 0 bridgehead atoms. The number of benzene rings is 2. The van der Waals surface area contributed by atoms with Gasteiger partial charge in [0.1, 0.15) is 12.4 Å². The smallest absolute Gasteiger partial charge is 0.314 e. The van der Waals surface area contributed by atoms with Gasteiger partial charge in [-0.1, -0.05) is 36.4 Å². The number of ether oxygens (including phenoxy) is 1. The van der Waals surface area contributed by atoms with Gasteiger partial charge in [-0.05, 0) is 24.1 Å². The van der Waals surface area contributed by atoms with E-state index in [1.54, 1.807) is 25.1 Å². The number of nitrogens with zero attached hydrogens (tertiary/aromatic N) is 2. The highest BCUT2D eigenvalue weighted by atomic mass is 16.5. The second-order valence-electron chi connectivity index (χ2n) is 7.87. The molecule has 0 radical (unpaired) electrons. The van der Waals surface area contributed by atoms with Gasteiger partial charge in [-0.25, -0.2) is 4.79 Å². The van der Waals surface area contributed by atoms with Crippen molar-refractivity contribution in [1.82, 2.24) is 20.4 Å². The maximum Gasteiger partial charge on any atom is 0.314 e. The minimum absolute atomic E-state index is 0.0436. The summed E-state index contributed by atoms with van der Waals surface area (Å²) in [6, 6.07) is 14.3. The summed E-state index contributed by atoms with van der Waals surface area (Å²) >= 11 is 0. The molecule has 4 rings (SSSR count). The average Bonchev–Trinajstić information content (AvgIpc) is 3.19. The zero-order valence-electron chi connectivity index (χ0n) is 17.6. The van der Waals surface area contributed by atoms with Crippen LogP contribution in [0.5, 0.6) is 5.75 Å². The lowest BCUT2D eigenvalue weighted by molar-refractivity contribution is -0.133. The molecule has 2 aliphatic rings. The third-order valence-corrected chi connectivity index (χ3v) is 5.78. The van der Waals surface area contributed by atoms with E-state index in [0.717, 1.165) is 11.1 Å². The molecule has 162 valence electrons. The van der Waals surface area contributed by atoms with Crippen molar-refractivity contribution in [1.29, 1.82) is 0 Å². The molecule has 2 aliphatic heterocycles. The fourth-order valence-corrected chi connectivity index (χ4v) is 4.22. The Morgan fingerprint density at radius 1 is 1.03 bits per heavy atom. The molecule has 1 saturated heterocycles. The van der Waals surface area contributed by atoms with Crippen LogP contribution in [0.15, 0.2) is 48.5 Å². The topological polar surface area (TPSA) is 91.0 Å². The van der Waals surface area contributed by atoms with Crippen LogP contribution < -0.4 is 15.4 Å². The predicted molar refractivity (Wildman–Crippen MR) is 116 cm³/mol. The summed E-state index contributed by atoms with van der Waals surface area (Å²) in [5, 5.41) is 5.42. The second kappa shape index (κ2) is 8.67. The van der Waals surface area contributed by atoms with Crippen LogP contribution in [0.2, 0.25) is 0 Å². The molecule has 8 heteroatoms. The maximum absolute atomic E-state index is 13.2. The van der Waals surface area contributed by atoms with Crippen molar-refractivity contribution in [3.05, 3.63) is 54.1 Å². The van der Waals surface area contributed by atoms with Crippen molar-refractivity contribution in [2.45, 2.75) is 18.5 Å². The first-order valence-electron chi connectivity index (χ1n) is 10.3. The van der Waals surface area contributed by atoms with Crippen LogP contribution in [-0.2, 0) is 4.79 Å². The highest BCUT2D eigenvalue weighted by molar-refractivity contribution is 6.02. The predicted octanol–water partition coefficient (Wildman–Crippen LogP) is 1.72. The van der Waals surface area contributed by atoms with E-state index in [-0.39, 0.29) is 36.5 Å². The van der Waals surface area contributed by atoms with Gasteiger partial charge in [0.25, 0.3) is 5.91 Å². The molecule has 1 fully saturated rings. The number of fused-ring (bicyclic) bond motifs is 4. The summed E-state index contributed by atoms with van der Waals surface area (Å²) < 4.78 is 6.17. The molecule has 31 heavy (non-hydrogen) atoms. The molecule has 2 N–H and O–H groups in total. The summed E-state index contributed by atoms with van der Waals surface area (Å²) in [6.07, 6.45) is 0.579. The van der Waals surface area contributed by atoms with Crippen molar-refractivity contribution in [3.8, 4) is 16.9 Å². The van der Waals surface area contributed by atoms with Gasteiger partial charge in [-0.15, -0.1) is 0 Å². The molecule has 0 aromatic heterocycles. The van der Waals surface area contributed by atoms with E-state index in [1.807, 2.05) is 42.5 Å². The Bertz CT molecular complexity index is 1010. The van der Waals surface area contributed by atoms with Gasteiger partial charge in [-0.3, -0.25) is 9.59 Å². The number of carbonyl (C=O) groups is 3. The highest BCUT2D eigenvalue weighted by Crippen LogP contribution is 2.34. The first kappa shape index (κ1) is 20.7. The lowest BCUT2D eigenvalue weighted by atomic mass is 9.98. The van der Waals surface area contributed by atoms with Crippen LogP contribution in [0.4, 0.5) is 4.79 Å². The second-order valence-corrected chi connectivity index (χ2v) is 7.87. The standard InChI is InChI=1S/C23H26N4O4/c1-24-23(30)25-15-11-16-14-31-20-10-6-5-8-18(20)17-7-3-4-9-19(17)22(29)26(2)13-21(28)27(16)12-15/h3-10,15-16H,11-14H2,1-2H3,(H2,24,25,30)/t15-,16+/m1/s1. The van der Waals surface area contributed by atoms with Gasteiger partial charge in [0, 0.05) is 31.8 Å². The molecule has 0 aliphatic carbocycles. The van der Waals surface area contributed by atoms with Crippen LogP contribution in [0, 0.1) is 0 Å². The van der Waals surface area contributed by atoms with Crippen molar-refractivity contribution in [3.63, 3.8) is 0 Å². The van der Waals surface area contributed by atoms with Crippen LogP contribution in [0.3, 0.4) is 0 Å². The molecular weight excluding hydrogens is 396 g/mol. The number of rotatable bonds is 1. The third kappa shape index (κ3) is 4.19. The van der Waals surface area contributed by atoms with Crippen molar-refractivity contribution >= 4 is 17.8 Å². The summed E-state index contributed by atoms with van der Waals surface area (Å²) in [5.41, 5.74) is 2.12. The minimum atomic E-state index is -0.287. The molecule has 4 amide bonds. The molecular formula is C23H26N4O4. The normalized spacial score (nSPS) is 21.1. The van der Waals surface area contributed by atoms with Crippen LogP contribution in [-0.4, -0.2) is 73.5 Å². The lowest BCUT2D eigenvalue weighted by Gasteiger charge is -2.28. The van der Waals surface area contributed by atoms with E-state index < -0.39 is 0 Å². The molecule has 2 atom stereocenters. The lowest BCUT2D eigenvalue weighted by Crippen LogP contribution is -2.46. The van der Waals surface area contributed by atoms with Gasteiger partial charge in [0.05, 0.1) is 18.6 Å². The number of urea groups is 1. The van der Waals surface area contributed by atoms with E-state index in [0.29, 0.717) is 30.9 Å². The summed E-state index contributed by atoms with van der Waals surface area (Å²) in [4.78, 5) is 41.2. The van der Waals surface area contributed by atoms with Gasteiger partial charge in [0.15, 0.2) is 0 Å². The van der Waals surface area contributed by atoms with Crippen LogP contribution in [0.1, 0.15) is 16.8 Å². The molecule has 2 aromatic carbocycles. The molecule has 0 unspecified atom stereocenters. The first-order chi connectivity index (χ1) is 15.0. The summed E-state index contributed by atoms with van der Waals surface area (Å²) in [7, 11) is 3.19. The minimum Gasteiger partial charge on any atom is -0.491 e. The molecule has 2 heterocycles. The molecule has 8 nitrogen and oxygen atoms in total. The number of para-hydroxylation sites is 1. The van der Waals surface area contributed by atoms with Gasteiger partial charge in [-0.2, -0.15) is 0 Å². The van der Waals surface area contributed by atoms with E-state index >= 15 is 0 Å². The number of amides is 4. The average molecular weight is 422 g/mol. The molecule has 0 saturated carbocycles. The zero-order valence-corrected chi connectivity index (χ0v) is 17.6. The Balaban J connectivity index is 1.71. The van der Waals surface area contributed by atoms with Crippen molar-refractivity contribution < 1.29 is 19.1 Å². The van der Waals surface area contributed by atoms with Gasteiger partial charge < -0.3 is 25.2 Å². The Morgan fingerprint density at radius 3 is 2.45 bits per heavy atom. The quantitative estimate of drug-likeness (QED) is 0.732. The summed E-state index contributed by atoms with van der Waals surface area (Å²) in [5.74, 6) is 0.258. The van der Waals surface area contributed by atoms with E-state index in [2.05, 4.69) is 10.6 Å². The van der Waals surface area contributed by atoms with Gasteiger partial charge in [0.2, 0.25) is 5.91 Å². The van der Waals surface area contributed by atoms with E-state index in [9.17, 15) is 14.4 Å². The largest absolute Gasteiger partial charge is 0.491 e. The maximum atomic E-state index is 13.2.